The summed E-state index contributed by atoms with van der Waals surface area (Å²) in [7, 11) is 1.75. The monoisotopic (exact) mass is 424 g/mol. The van der Waals surface area contributed by atoms with Gasteiger partial charge < -0.3 is 15.2 Å². The first kappa shape index (κ1) is 22.5. The van der Waals surface area contributed by atoms with Gasteiger partial charge in [0.25, 0.3) is 0 Å². The van der Waals surface area contributed by atoms with Gasteiger partial charge in [-0.25, -0.2) is 0 Å². The number of hydrogen-bond donors (Lipinski definition) is 2. The van der Waals surface area contributed by atoms with E-state index in [0.717, 1.165) is 22.4 Å². The third-order valence-corrected chi connectivity index (χ3v) is 5.09. The molecule has 0 aromatic heterocycles. The van der Waals surface area contributed by atoms with Crippen LogP contribution >= 0.6 is 23.2 Å². The number of rotatable bonds is 8. The van der Waals surface area contributed by atoms with Gasteiger partial charge in [0.2, 0.25) is 5.91 Å². The predicted molar refractivity (Wildman–Crippen MR) is 115 cm³/mol. The quantitative estimate of drug-likeness (QED) is 0.665. The number of aryl methyl sites for hydroxylation is 2. The number of aliphatic hydroxyl groups is 1. The zero-order chi connectivity index (χ0) is 20.8. The average molecular weight is 425 g/mol. The predicted octanol–water partition coefficient (Wildman–Crippen LogP) is 4.23. The maximum absolute atomic E-state index is 12.2. The molecule has 0 aliphatic heterocycles. The van der Waals surface area contributed by atoms with Gasteiger partial charge >= 0.3 is 0 Å². The van der Waals surface area contributed by atoms with Crippen LogP contribution in [0.1, 0.15) is 16.7 Å². The van der Waals surface area contributed by atoms with Crippen LogP contribution in [0.25, 0.3) is 0 Å². The van der Waals surface area contributed by atoms with E-state index < -0.39 is 6.10 Å². The van der Waals surface area contributed by atoms with E-state index in [1.165, 1.54) is 0 Å². The Morgan fingerprint density at radius 3 is 2.39 bits per heavy atom. The van der Waals surface area contributed by atoms with E-state index >= 15 is 0 Å². The van der Waals surface area contributed by atoms with Crippen LogP contribution < -0.4 is 10.1 Å². The standard InChI is InChI=1S/C21H26Cl2N2O3/c1-13-8-9-14(2)21(15(13)3)28-12-16(26)10-25(4)11-19(27)24-20-17(22)6-5-7-18(20)23/h5-9,16,26H,10-12H2,1-4H3,(H,24,27). The van der Waals surface area contributed by atoms with E-state index in [1.54, 1.807) is 30.1 Å². The van der Waals surface area contributed by atoms with Crippen LogP contribution in [0.4, 0.5) is 5.69 Å². The van der Waals surface area contributed by atoms with Crippen molar-refractivity contribution >= 4 is 34.8 Å². The molecule has 152 valence electrons. The van der Waals surface area contributed by atoms with Gasteiger partial charge in [-0.05, 0) is 56.6 Å². The van der Waals surface area contributed by atoms with Gasteiger partial charge in [0, 0.05) is 6.54 Å². The van der Waals surface area contributed by atoms with E-state index in [2.05, 4.69) is 5.32 Å². The third-order valence-electron chi connectivity index (χ3n) is 4.46. The fraction of sp³-hybridized carbons (Fsp3) is 0.381. The first-order chi connectivity index (χ1) is 13.2. The van der Waals surface area contributed by atoms with E-state index in [1.807, 2.05) is 32.9 Å². The summed E-state index contributed by atoms with van der Waals surface area (Å²) in [4.78, 5) is 13.9. The Bertz CT molecular complexity index is 822. The van der Waals surface area contributed by atoms with Crippen molar-refractivity contribution in [3.05, 3.63) is 57.1 Å². The summed E-state index contributed by atoms with van der Waals surface area (Å²) in [6, 6.07) is 9.07. The minimum Gasteiger partial charge on any atom is -0.490 e. The summed E-state index contributed by atoms with van der Waals surface area (Å²) in [5, 5.41) is 13.7. The Hall–Kier alpha value is -1.79. The highest BCUT2D eigenvalue weighted by Gasteiger charge is 2.16. The average Bonchev–Trinajstić information content (AvgIpc) is 2.61. The molecule has 1 amide bonds. The zero-order valence-corrected chi connectivity index (χ0v) is 18.1. The summed E-state index contributed by atoms with van der Waals surface area (Å²) >= 11 is 12.1. The number of ether oxygens (including phenoxy) is 1. The Morgan fingerprint density at radius 2 is 1.75 bits per heavy atom. The number of aliphatic hydroxyl groups excluding tert-OH is 1. The van der Waals surface area contributed by atoms with Crippen LogP contribution in [0, 0.1) is 20.8 Å². The second-order valence-corrected chi connectivity index (χ2v) is 7.77. The topological polar surface area (TPSA) is 61.8 Å². The highest BCUT2D eigenvalue weighted by molar-refractivity contribution is 6.39. The highest BCUT2D eigenvalue weighted by Crippen LogP contribution is 2.29. The smallest absolute Gasteiger partial charge is 0.238 e. The molecular weight excluding hydrogens is 399 g/mol. The van der Waals surface area contributed by atoms with Crippen LogP contribution in [0.15, 0.2) is 30.3 Å². The molecule has 0 saturated carbocycles. The van der Waals surface area contributed by atoms with Gasteiger partial charge in [0.1, 0.15) is 18.5 Å². The number of amides is 1. The molecule has 0 heterocycles. The zero-order valence-electron chi connectivity index (χ0n) is 16.6. The fourth-order valence-electron chi connectivity index (χ4n) is 2.85. The van der Waals surface area contributed by atoms with Crippen molar-refractivity contribution < 1.29 is 14.6 Å². The number of nitrogens with zero attached hydrogens (tertiary/aromatic N) is 1. The lowest BCUT2D eigenvalue weighted by atomic mass is 10.1. The number of carbonyl (C=O) groups excluding carboxylic acids is 1. The van der Waals surface area contributed by atoms with E-state index in [-0.39, 0.29) is 25.6 Å². The van der Waals surface area contributed by atoms with Gasteiger partial charge in [-0.3, -0.25) is 9.69 Å². The Morgan fingerprint density at radius 1 is 1.14 bits per heavy atom. The van der Waals surface area contributed by atoms with Crippen molar-refractivity contribution in [1.29, 1.82) is 0 Å². The van der Waals surface area contributed by atoms with Crippen LogP contribution in [0.5, 0.6) is 5.75 Å². The molecule has 28 heavy (non-hydrogen) atoms. The van der Waals surface area contributed by atoms with Gasteiger partial charge in [0.15, 0.2) is 0 Å². The first-order valence-electron chi connectivity index (χ1n) is 8.99. The lowest BCUT2D eigenvalue weighted by Crippen LogP contribution is -2.38. The van der Waals surface area contributed by atoms with Crippen molar-refractivity contribution in [2.24, 2.45) is 0 Å². The molecule has 0 saturated heterocycles. The van der Waals surface area contributed by atoms with E-state index in [4.69, 9.17) is 27.9 Å². The van der Waals surface area contributed by atoms with Crippen molar-refractivity contribution in [3.63, 3.8) is 0 Å². The third kappa shape index (κ3) is 6.11. The van der Waals surface area contributed by atoms with Crippen LogP contribution in [-0.2, 0) is 4.79 Å². The first-order valence-corrected chi connectivity index (χ1v) is 9.74. The molecule has 0 spiro atoms. The summed E-state index contributed by atoms with van der Waals surface area (Å²) in [5.74, 6) is 0.531. The number of anilines is 1. The number of hydrogen-bond acceptors (Lipinski definition) is 4. The Kier molecular flexibility index (Phi) is 8.13. The molecule has 7 heteroatoms. The molecule has 0 aliphatic rings. The number of halogens is 2. The number of nitrogens with one attached hydrogen (secondary N) is 1. The molecule has 2 aromatic rings. The van der Waals surface area contributed by atoms with Crippen molar-refractivity contribution in [2.45, 2.75) is 26.9 Å². The fourth-order valence-corrected chi connectivity index (χ4v) is 3.34. The van der Waals surface area contributed by atoms with Gasteiger partial charge in [-0.2, -0.15) is 0 Å². The number of likely N-dealkylation sites (N-methyl/N-ethyl adjacent to an activating group) is 1. The largest absolute Gasteiger partial charge is 0.490 e. The number of para-hydroxylation sites is 1. The van der Waals surface area contributed by atoms with Gasteiger partial charge in [-0.15, -0.1) is 0 Å². The maximum atomic E-state index is 12.2. The molecule has 0 radical (unpaired) electrons. The SMILES string of the molecule is Cc1ccc(C)c(OCC(O)CN(C)CC(=O)Nc2c(Cl)cccc2Cl)c1C. The summed E-state index contributed by atoms with van der Waals surface area (Å²) in [6.45, 7) is 6.52. The lowest BCUT2D eigenvalue weighted by molar-refractivity contribution is -0.117. The molecule has 0 aliphatic carbocycles. The summed E-state index contributed by atoms with van der Waals surface area (Å²) in [5.41, 5.74) is 3.62. The molecule has 5 nitrogen and oxygen atoms in total. The van der Waals surface area contributed by atoms with Crippen molar-refractivity contribution in [3.8, 4) is 5.75 Å². The normalized spacial score (nSPS) is 12.1. The van der Waals surface area contributed by atoms with Crippen molar-refractivity contribution in [2.75, 3.05) is 32.1 Å². The van der Waals surface area contributed by atoms with Crippen LogP contribution in [0.2, 0.25) is 10.0 Å². The van der Waals surface area contributed by atoms with Crippen LogP contribution in [0.3, 0.4) is 0 Å². The molecule has 1 atom stereocenters. The van der Waals surface area contributed by atoms with Gasteiger partial charge in [0.05, 0.1) is 22.3 Å². The Balaban J connectivity index is 1.85. The number of benzene rings is 2. The second kappa shape index (κ2) is 10.1. The van der Waals surface area contributed by atoms with Crippen LogP contribution in [-0.4, -0.2) is 48.8 Å². The second-order valence-electron chi connectivity index (χ2n) is 6.96. The molecule has 2 N–H and O–H groups in total. The molecule has 0 fully saturated rings. The van der Waals surface area contributed by atoms with Crippen molar-refractivity contribution in [1.82, 2.24) is 4.90 Å². The van der Waals surface area contributed by atoms with E-state index in [9.17, 15) is 9.90 Å². The lowest BCUT2D eigenvalue weighted by Gasteiger charge is -2.22. The molecule has 2 rings (SSSR count). The Labute approximate surface area is 176 Å². The molecule has 0 bridgehead atoms. The minimum absolute atomic E-state index is 0.0844. The molecule has 2 aromatic carbocycles. The molecular formula is C21H26Cl2N2O3. The van der Waals surface area contributed by atoms with E-state index in [0.29, 0.717) is 15.7 Å². The summed E-state index contributed by atoms with van der Waals surface area (Å²) in [6.07, 6.45) is -0.735. The summed E-state index contributed by atoms with van der Waals surface area (Å²) < 4.78 is 5.83. The number of carbonyl (C=O) groups is 1. The molecule has 1 unspecified atom stereocenters. The van der Waals surface area contributed by atoms with Gasteiger partial charge in [-0.1, -0.05) is 41.4 Å². The maximum Gasteiger partial charge on any atom is 0.238 e. The minimum atomic E-state index is -0.735. The highest BCUT2D eigenvalue weighted by atomic mass is 35.5.